The molecule has 0 amide bonds. The maximum absolute atomic E-state index is 5.49. The van der Waals surface area contributed by atoms with E-state index in [1.165, 1.54) is 11.8 Å². The smallest absolute Gasteiger partial charge is 0.219 e. The Bertz CT molecular complexity index is 341. The predicted molar refractivity (Wildman–Crippen MR) is 72.8 cm³/mol. The molecule has 0 aliphatic rings. The van der Waals surface area contributed by atoms with Gasteiger partial charge < -0.3 is 14.9 Å². The Morgan fingerprint density at radius 2 is 2.17 bits per heavy atom. The molecule has 0 aliphatic carbocycles. The number of ether oxygens (including phenoxy) is 2. The largest absolute Gasteiger partial charge is 0.475 e. The van der Waals surface area contributed by atoms with Crippen LogP contribution < -0.4 is 16.0 Å². The first-order valence-electron chi connectivity index (χ1n) is 5.76. The molecule has 0 unspecified atom stereocenters. The number of thioether (sulfide) groups is 1. The van der Waals surface area contributed by atoms with E-state index in [0.717, 1.165) is 6.61 Å². The van der Waals surface area contributed by atoms with Crippen molar-refractivity contribution in [1.82, 2.24) is 9.97 Å². The van der Waals surface area contributed by atoms with Gasteiger partial charge in [-0.05, 0) is 12.2 Å². The van der Waals surface area contributed by atoms with Gasteiger partial charge in [-0.2, -0.15) is 4.98 Å². The van der Waals surface area contributed by atoms with Gasteiger partial charge in [-0.25, -0.2) is 10.8 Å². The first-order chi connectivity index (χ1) is 8.65. The summed E-state index contributed by atoms with van der Waals surface area (Å²) < 4.78 is 10.9. The SMILES string of the molecule is CSc1nc(NN)cc(OCCOCC(C)C)n1. The first kappa shape index (κ1) is 15.0. The van der Waals surface area contributed by atoms with Crippen molar-refractivity contribution >= 4 is 17.6 Å². The molecule has 7 heteroatoms. The maximum atomic E-state index is 5.49. The summed E-state index contributed by atoms with van der Waals surface area (Å²) in [7, 11) is 0. The van der Waals surface area contributed by atoms with Crippen LogP contribution in [0.2, 0.25) is 0 Å². The molecule has 0 bridgehead atoms. The molecule has 18 heavy (non-hydrogen) atoms. The summed E-state index contributed by atoms with van der Waals surface area (Å²) in [6, 6.07) is 1.65. The zero-order chi connectivity index (χ0) is 13.4. The number of hydrazine groups is 1. The van der Waals surface area contributed by atoms with Crippen molar-refractivity contribution in [2.45, 2.75) is 19.0 Å². The van der Waals surface area contributed by atoms with E-state index in [1.54, 1.807) is 6.07 Å². The molecule has 0 fully saturated rings. The van der Waals surface area contributed by atoms with Crippen molar-refractivity contribution in [1.29, 1.82) is 0 Å². The maximum Gasteiger partial charge on any atom is 0.219 e. The van der Waals surface area contributed by atoms with E-state index >= 15 is 0 Å². The van der Waals surface area contributed by atoms with Crippen LogP contribution in [-0.4, -0.2) is 36.0 Å². The summed E-state index contributed by atoms with van der Waals surface area (Å²) in [5, 5.41) is 0.614. The molecule has 0 saturated heterocycles. The minimum atomic E-state index is 0.460. The van der Waals surface area contributed by atoms with Crippen LogP contribution >= 0.6 is 11.8 Å². The summed E-state index contributed by atoms with van der Waals surface area (Å²) >= 11 is 1.43. The van der Waals surface area contributed by atoms with Crippen molar-refractivity contribution in [2.75, 3.05) is 31.5 Å². The fourth-order valence-corrected chi connectivity index (χ4v) is 1.54. The Morgan fingerprint density at radius 1 is 1.39 bits per heavy atom. The third kappa shape index (κ3) is 5.52. The van der Waals surface area contributed by atoms with Crippen LogP contribution in [0.25, 0.3) is 0 Å². The Labute approximate surface area is 112 Å². The van der Waals surface area contributed by atoms with Gasteiger partial charge in [-0.1, -0.05) is 25.6 Å². The minimum Gasteiger partial charge on any atom is -0.475 e. The quantitative estimate of drug-likeness (QED) is 0.244. The number of aromatic nitrogens is 2. The molecule has 0 saturated carbocycles. The Morgan fingerprint density at radius 3 is 2.78 bits per heavy atom. The average Bonchev–Trinajstić information content (AvgIpc) is 2.37. The summed E-state index contributed by atoms with van der Waals surface area (Å²) in [6.45, 7) is 5.95. The van der Waals surface area contributed by atoms with Gasteiger partial charge in [0.15, 0.2) is 5.16 Å². The number of nitrogen functional groups attached to an aromatic ring is 1. The van der Waals surface area contributed by atoms with Crippen LogP contribution in [0.15, 0.2) is 11.2 Å². The van der Waals surface area contributed by atoms with Gasteiger partial charge in [0.2, 0.25) is 5.88 Å². The predicted octanol–water partition coefficient (Wildman–Crippen LogP) is 1.54. The first-order valence-corrected chi connectivity index (χ1v) is 6.98. The van der Waals surface area contributed by atoms with Crippen molar-refractivity contribution in [2.24, 2.45) is 11.8 Å². The van der Waals surface area contributed by atoms with Crippen LogP contribution in [0.1, 0.15) is 13.8 Å². The van der Waals surface area contributed by atoms with E-state index in [0.29, 0.717) is 36.0 Å². The highest BCUT2D eigenvalue weighted by molar-refractivity contribution is 7.98. The summed E-state index contributed by atoms with van der Waals surface area (Å²) in [5.41, 5.74) is 2.48. The van der Waals surface area contributed by atoms with E-state index < -0.39 is 0 Å². The van der Waals surface area contributed by atoms with Crippen molar-refractivity contribution in [3.05, 3.63) is 6.07 Å². The molecule has 1 aromatic heterocycles. The zero-order valence-electron chi connectivity index (χ0n) is 11.0. The fraction of sp³-hybridized carbons (Fsp3) is 0.636. The van der Waals surface area contributed by atoms with Gasteiger partial charge in [0.1, 0.15) is 12.4 Å². The van der Waals surface area contributed by atoms with E-state index in [4.69, 9.17) is 15.3 Å². The highest BCUT2D eigenvalue weighted by Gasteiger charge is 2.04. The van der Waals surface area contributed by atoms with E-state index in [9.17, 15) is 0 Å². The highest BCUT2D eigenvalue weighted by atomic mass is 32.2. The summed E-state index contributed by atoms with van der Waals surface area (Å²) in [4.78, 5) is 8.35. The molecule has 0 atom stereocenters. The van der Waals surface area contributed by atoms with Gasteiger partial charge >= 0.3 is 0 Å². The summed E-state index contributed by atoms with van der Waals surface area (Å²) in [5.74, 6) is 6.88. The molecule has 0 aliphatic heterocycles. The van der Waals surface area contributed by atoms with Crippen LogP contribution in [0.4, 0.5) is 5.82 Å². The number of nitrogens with zero attached hydrogens (tertiary/aromatic N) is 2. The molecular formula is C11H20N4O2S. The number of hydrogen-bond donors (Lipinski definition) is 2. The Kier molecular flexibility index (Phi) is 6.77. The Hall–Kier alpha value is -1.05. The van der Waals surface area contributed by atoms with Crippen molar-refractivity contribution in [3.63, 3.8) is 0 Å². The second-order valence-corrected chi connectivity index (χ2v) is 4.81. The third-order valence-electron chi connectivity index (χ3n) is 1.94. The van der Waals surface area contributed by atoms with E-state index in [1.807, 2.05) is 6.26 Å². The van der Waals surface area contributed by atoms with Gasteiger partial charge in [-0.3, -0.25) is 0 Å². The lowest BCUT2D eigenvalue weighted by atomic mass is 10.2. The highest BCUT2D eigenvalue weighted by Crippen LogP contribution is 2.18. The number of hydrogen-bond acceptors (Lipinski definition) is 7. The molecule has 1 aromatic rings. The van der Waals surface area contributed by atoms with Crippen LogP contribution in [-0.2, 0) is 4.74 Å². The van der Waals surface area contributed by atoms with Gasteiger partial charge in [0.05, 0.1) is 6.61 Å². The van der Waals surface area contributed by atoms with E-state index in [2.05, 4.69) is 29.2 Å². The monoisotopic (exact) mass is 272 g/mol. The number of nitrogens with one attached hydrogen (secondary N) is 1. The normalized spacial score (nSPS) is 10.7. The van der Waals surface area contributed by atoms with Gasteiger partial charge in [0.25, 0.3) is 0 Å². The second kappa shape index (κ2) is 8.12. The molecule has 1 heterocycles. The standard InChI is InChI=1S/C11H20N4O2S/c1-8(2)7-16-4-5-17-10-6-9(15-12)13-11(14-10)18-3/h6,8H,4-5,7,12H2,1-3H3,(H,13,14,15). The van der Waals surface area contributed by atoms with Gasteiger partial charge in [-0.15, -0.1) is 0 Å². The lowest BCUT2D eigenvalue weighted by Crippen LogP contribution is -2.13. The molecule has 0 radical (unpaired) electrons. The second-order valence-electron chi connectivity index (χ2n) is 4.04. The molecule has 6 nitrogen and oxygen atoms in total. The lowest BCUT2D eigenvalue weighted by molar-refractivity contribution is 0.0804. The fourth-order valence-electron chi connectivity index (χ4n) is 1.17. The summed E-state index contributed by atoms with van der Waals surface area (Å²) in [6.07, 6.45) is 1.89. The van der Waals surface area contributed by atoms with Crippen molar-refractivity contribution in [3.8, 4) is 5.88 Å². The Balaban J connectivity index is 2.41. The molecule has 0 spiro atoms. The van der Waals surface area contributed by atoms with Crippen LogP contribution in [0.5, 0.6) is 5.88 Å². The molecule has 0 aromatic carbocycles. The topological polar surface area (TPSA) is 82.3 Å². The minimum absolute atomic E-state index is 0.460. The molecular weight excluding hydrogens is 252 g/mol. The van der Waals surface area contributed by atoms with E-state index in [-0.39, 0.29) is 0 Å². The van der Waals surface area contributed by atoms with Crippen LogP contribution in [0, 0.1) is 5.92 Å². The molecule has 3 N–H and O–H groups in total. The zero-order valence-corrected chi connectivity index (χ0v) is 11.8. The number of rotatable bonds is 8. The number of nitrogens with two attached hydrogens (primary N) is 1. The lowest BCUT2D eigenvalue weighted by Gasteiger charge is -2.09. The van der Waals surface area contributed by atoms with Crippen LogP contribution in [0.3, 0.4) is 0 Å². The average molecular weight is 272 g/mol. The molecule has 102 valence electrons. The number of anilines is 1. The molecule has 1 rings (SSSR count). The third-order valence-corrected chi connectivity index (χ3v) is 2.49. The van der Waals surface area contributed by atoms with Gasteiger partial charge in [0, 0.05) is 12.7 Å². The van der Waals surface area contributed by atoms with Crippen molar-refractivity contribution < 1.29 is 9.47 Å².